The van der Waals surface area contributed by atoms with Crippen molar-refractivity contribution in [3.8, 4) is 0 Å². The molecule has 0 spiro atoms. The molecule has 2 N–H and O–H groups in total. The first-order valence-electron chi connectivity index (χ1n) is 6.28. The molecule has 19 heavy (non-hydrogen) atoms. The second-order valence-electron chi connectivity index (χ2n) is 4.33. The normalized spacial score (nSPS) is 12.2. The Morgan fingerprint density at radius 1 is 1.21 bits per heavy atom. The molecule has 1 heterocycles. The average molecular weight is 259 g/mol. The van der Waals surface area contributed by atoms with Gasteiger partial charge in [0.1, 0.15) is 5.76 Å². The highest BCUT2D eigenvalue weighted by Gasteiger charge is 2.18. The Balaban J connectivity index is 1.83. The topological polar surface area (TPSA) is 62.5 Å². The monoisotopic (exact) mass is 259 g/mol. The highest BCUT2D eigenvalue weighted by Crippen LogP contribution is 2.14. The Hall–Kier alpha value is -2.07. The van der Waals surface area contributed by atoms with Crippen molar-refractivity contribution in [1.82, 2.24) is 5.32 Å². The molecule has 1 unspecified atom stereocenters. The summed E-state index contributed by atoms with van der Waals surface area (Å²) >= 11 is 0. The Kier molecular flexibility index (Phi) is 4.75. The molecular weight excluding hydrogens is 242 g/mol. The smallest absolute Gasteiger partial charge is 0.312 e. The summed E-state index contributed by atoms with van der Waals surface area (Å²) in [6.45, 7) is 1.12. The van der Waals surface area contributed by atoms with Crippen molar-refractivity contribution in [2.24, 2.45) is 0 Å². The van der Waals surface area contributed by atoms with Gasteiger partial charge in [-0.2, -0.15) is 0 Å². The van der Waals surface area contributed by atoms with Crippen molar-refractivity contribution in [3.63, 3.8) is 0 Å². The number of carboxylic acids is 1. The molecule has 0 saturated carbocycles. The van der Waals surface area contributed by atoms with E-state index in [9.17, 15) is 9.90 Å². The van der Waals surface area contributed by atoms with Crippen LogP contribution >= 0.6 is 0 Å². The number of benzene rings is 1. The third-order valence-corrected chi connectivity index (χ3v) is 2.98. The zero-order valence-corrected chi connectivity index (χ0v) is 10.6. The molecule has 0 aliphatic heterocycles. The van der Waals surface area contributed by atoms with Crippen LogP contribution in [0.1, 0.15) is 17.2 Å². The molecule has 0 radical (unpaired) electrons. The number of rotatable bonds is 7. The molecule has 1 atom stereocenters. The van der Waals surface area contributed by atoms with Crippen LogP contribution in [0, 0.1) is 0 Å². The summed E-state index contributed by atoms with van der Waals surface area (Å²) in [5.41, 5.74) is 0.820. The highest BCUT2D eigenvalue weighted by molar-refractivity contribution is 5.76. The van der Waals surface area contributed by atoms with E-state index in [4.69, 9.17) is 4.42 Å². The van der Waals surface area contributed by atoms with Crippen molar-refractivity contribution in [2.45, 2.75) is 12.3 Å². The van der Waals surface area contributed by atoms with E-state index in [1.807, 2.05) is 42.5 Å². The number of hydrogen-bond donors (Lipinski definition) is 2. The second kappa shape index (κ2) is 6.75. The molecule has 0 amide bonds. The minimum absolute atomic E-state index is 0.417. The number of carbonyl (C=O) groups is 1. The zero-order valence-electron chi connectivity index (χ0n) is 10.6. The van der Waals surface area contributed by atoms with Gasteiger partial charge in [-0.05, 0) is 17.7 Å². The SMILES string of the molecule is O=C(O)C(CNCCc1ccco1)c1ccccc1. The van der Waals surface area contributed by atoms with E-state index in [1.54, 1.807) is 6.26 Å². The standard InChI is InChI=1S/C15H17NO3/c17-15(18)14(12-5-2-1-3-6-12)11-16-9-8-13-7-4-10-19-13/h1-7,10,14,16H,8-9,11H2,(H,17,18). The summed E-state index contributed by atoms with van der Waals surface area (Å²) in [6.07, 6.45) is 2.40. The fourth-order valence-electron chi connectivity index (χ4n) is 1.95. The van der Waals surface area contributed by atoms with Crippen LogP contribution in [0.4, 0.5) is 0 Å². The lowest BCUT2D eigenvalue weighted by atomic mass is 9.99. The van der Waals surface area contributed by atoms with Gasteiger partial charge in [0.2, 0.25) is 0 Å². The first-order chi connectivity index (χ1) is 9.27. The number of furan rings is 1. The molecule has 4 heteroatoms. The molecule has 100 valence electrons. The molecule has 1 aromatic heterocycles. The third kappa shape index (κ3) is 3.96. The molecule has 4 nitrogen and oxygen atoms in total. The average Bonchev–Trinajstić information content (AvgIpc) is 2.92. The summed E-state index contributed by atoms with van der Waals surface area (Å²) in [5, 5.41) is 12.4. The fourth-order valence-corrected chi connectivity index (χ4v) is 1.95. The van der Waals surface area contributed by atoms with Crippen LogP contribution in [0.15, 0.2) is 53.1 Å². The van der Waals surface area contributed by atoms with Gasteiger partial charge in [-0.1, -0.05) is 30.3 Å². The lowest BCUT2D eigenvalue weighted by Gasteiger charge is -2.13. The Morgan fingerprint density at radius 2 is 2.00 bits per heavy atom. The van der Waals surface area contributed by atoms with Gasteiger partial charge in [0, 0.05) is 19.5 Å². The lowest BCUT2D eigenvalue weighted by Crippen LogP contribution is -2.28. The van der Waals surface area contributed by atoms with Crippen molar-refractivity contribution < 1.29 is 14.3 Å². The van der Waals surface area contributed by atoms with Crippen molar-refractivity contribution in [1.29, 1.82) is 0 Å². The largest absolute Gasteiger partial charge is 0.481 e. The number of hydrogen-bond acceptors (Lipinski definition) is 3. The van der Waals surface area contributed by atoms with E-state index in [0.717, 1.165) is 17.7 Å². The van der Waals surface area contributed by atoms with E-state index >= 15 is 0 Å². The van der Waals surface area contributed by atoms with Crippen LogP contribution in [0.2, 0.25) is 0 Å². The molecule has 0 fully saturated rings. The first kappa shape index (κ1) is 13.4. The molecular formula is C15H17NO3. The highest BCUT2D eigenvalue weighted by atomic mass is 16.4. The summed E-state index contributed by atoms with van der Waals surface area (Å²) in [4.78, 5) is 11.3. The Bertz CT molecular complexity index is 493. The Labute approximate surface area is 112 Å². The molecule has 0 aliphatic carbocycles. The van der Waals surface area contributed by atoms with Gasteiger partial charge in [-0.15, -0.1) is 0 Å². The van der Waals surface area contributed by atoms with Crippen LogP contribution in [0.3, 0.4) is 0 Å². The van der Waals surface area contributed by atoms with E-state index in [1.165, 1.54) is 0 Å². The molecule has 0 saturated heterocycles. The van der Waals surface area contributed by atoms with Crippen LogP contribution in [0.5, 0.6) is 0 Å². The third-order valence-electron chi connectivity index (χ3n) is 2.98. The molecule has 1 aromatic carbocycles. The fraction of sp³-hybridized carbons (Fsp3) is 0.267. The van der Waals surface area contributed by atoms with E-state index in [-0.39, 0.29) is 0 Å². The zero-order chi connectivity index (χ0) is 13.5. The second-order valence-corrected chi connectivity index (χ2v) is 4.33. The predicted octanol–water partition coefficient (Wildman–Crippen LogP) is 2.28. The van der Waals surface area contributed by atoms with Gasteiger partial charge >= 0.3 is 5.97 Å². The summed E-state index contributed by atoms with van der Waals surface area (Å²) in [7, 11) is 0. The quantitative estimate of drug-likeness (QED) is 0.749. The van der Waals surface area contributed by atoms with Gasteiger partial charge in [0.25, 0.3) is 0 Å². The van der Waals surface area contributed by atoms with Gasteiger partial charge in [-0.25, -0.2) is 0 Å². The number of nitrogens with one attached hydrogen (secondary N) is 1. The molecule has 2 rings (SSSR count). The van der Waals surface area contributed by atoms with Crippen molar-refractivity contribution >= 4 is 5.97 Å². The summed E-state index contributed by atoms with van der Waals surface area (Å²) in [5.74, 6) is -0.423. The predicted molar refractivity (Wildman–Crippen MR) is 72.1 cm³/mol. The first-order valence-corrected chi connectivity index (χ1v) is 6.28. The Morgan fingerprint density at radius 3 is 2.63 bits per heavy atom. The minimum Gasteiger partial charge on any atom is -0.481 e. The van der Waals surface area contributed by atoms with E-state index in [0.29, 0.717) is 13.1 Å². The maximum Gasteiger partial charge on any atom is 0.312 e. The molecule has 0 aliphatic rings. The van der Waals surface area contributed by atoms with Gasteiger partial charge < -0.3 is 14.8 Å². The van der Waals surface area contributed by atoms with E-state index in [2.05, 4.69) is 5.32 Å². The minimum atomic E-state index is -0.809. The van der Waals surface area contributed by atoms with Gasteiger partial charge in [-0.3, -0.25) is 4.79 Å². The van der Waals surface area contributed by atoms with E-state index < -0.39 is 11.9 Å². The maximum atomic E-state index is 11.3. The molecule has 2 aromatic rings. The maximum absolute atomic E-state index is 11.3. The van der Waals surface area contributed by atoms with Crippen LogP contribution in [-0.4, -0.2) is 24.2 Å². The van der Waals surface area contributed by atoms with Gasteiger partial charge in [0.15, 0.2) is 0 Å². The van der Waals surface area contributed by atoms with Gasteiger partial charge in [0.05, 0.1) is 12.2 Å². The molecule has 0 bridgehead atoms. The summed E-state index contributed by atoms with van der Waals surface area (Å²) in [6, 6.07) is 13.0. The van der Waals surface area contributed by atoms with Crippen molar-refractivity contribution in [2.75, 3.05) is 13.1 Å². The van der Waals surface area contributed by atoms with Crippen LogP contribution < -0.4 is 5.32 Å². The van der Waals surface area contributed by atoms with Crippen molar-refractivity contribution in [3.05, 3.63) is 60.1 Å². The summed E-state index contributed by atoms with van der Waals surface area (Å²) < 4.78 is 5.22. The number of aliphatic carboxylic acids is 1. The van der Waals surface area contributed by atoms with Crippen LogP contribution in [-0.2, 0) is 11.2 Å². The lowest BCUT2D eigenvalue weighted by molar-refractivity contribution is -0.138. The van der Waals surface area contributed by atoms with Crippen LogP contribution in [0.25, 0.3) is 0 Å². The number of carboxylic acid groups (broad SMARTS) is 1.